The lowest BCUT2D eigenvalue weighted by atomic mass is 10.0. The number of hydrogen-bond donors (Lipinski definition) is 0. The molecule has 166 valence electrons. The maximum absolute atomic E-state index is 6.09. The molecule has 5 rings (SSSR count). The number of hydrogen-bond acceptors (Lipinski definition) is 3. The Hall–Kier alpha value is -2.89. The number of nitrogens with zero attached hydrogens (tertiary/aromatic N) is 2. The Morgan fingerprint density at radius 2 is 1.42 bits per heavy atom. The van der Waals surface area contributed by atoms with E-state index in [0.29, 0.717) is 0 Å². The molecular weight excluding hydrogens is 492 g/mol. The summed E-state index contributed by atoms with van der Waals surface area (Å²) in [6, 6.07) is 31.7. The average molecular weight is 517 g/mol. The molecule has 5 heteroatoms. The molecule has 0 unspecified atom stereocenters. The fourth-order valence-corrected chi connectivity index (χ4v) is 4.76. The van der Waals surface area contributed by atoms with Gasteiger partial charge in [0.05, 0.1) is 0 Å². The van der Waals surface area contributed by atoms with Gasteiger partial charge < -0.3 is 14.2 Å². The van der Waals surface area contributed by atoms with Crippen molar-refractivity contribution >= 4 is 38.8 Å². The zero-order valence-corrected chi connectivity index (χ0v) is 20.7. The van der Waals surface area contributed by atoms with Crippen LogP contribution in [0, 0.1) is 0 Å². The van der Waals surface area contributed by atoms with Crippen LogP contribution in [0.1, 0.15) is 16.9 Å². The molecule has 0 radical (unpaired) electrons. The molecule has 3 nitrogen and oxygen atoms in total. The molecular formula is C28H25BrN2OS. The van der Waals surface area contributed by atoms with E-state index in [-0.39, 0.29) is 0 Å². The molecule has 3 aromatic carbocycles. The van der Waals surface area contributed by atoms with Crippen LogP contribution in [0.4, 0.5) is 5.69 Å². The normalized spacial score (nSPS) is 13.8. The van der Waals surface area contributed by atoms with Gasteiger partial charge in [0, 0.05) is 41.9 Å². The van der Waals surface area contributed by atoms with Crippen molar-refractivity contribution in [1.29, 1.82) is 0 Å². The van der Waals surface area contributed by atoms with Crippen LogP contribution in [0.25, 0.3) is 11.3 Å². The van der Waals surface area contributed by atoms with E-state index in [9.17, 15) is 0 Å². The Labute approximate surface area is 208 Å². The second-order valence-corrected chi connectivity index (χ2v) is 9.58. The fraction of sp³-hybridized carbons (Fsp3) is 0.179. The van der Waals surface area contributed by atoms with E-state index in [1.54, 1.807) is 0 Å². The van der Waals surface area contributed by atoms with Crippen LogP contribution in [-0.2, 0) is 6.42 Å². The van der Waals surface area contributed by atoms with E-state index in [0.717, 1.165) is 59.1 Å². The van der Waals surface area contributed by atoms with Crippen molar-refractivity contribution in [2.24, 2.45) is 0 Å². The summed E-state index contributed by atoms with van der Waals surface area (Å²) in [5.41, 5.74) is 5.00. The number of halogens is 1. The third kappa shape index (κ3) is 5.21. The second kappa shape index (κ2) is 9.94. The van der Waals surface area contributed by atoms with Crippen LogP contribution < -0.4 is 4.90 Å². The Morgan fingerprint density at radius 1 is 0.758 bits per heavy atom. The Balaban J connectivity index is 1.18. The predicted molar refractivity (Wildman–Crippen MR) is 143 cm³/mol. The van der Waals surface area contributed by atoms with E-state index < -0.39 is 0 Å². The summed E-state index contributed by atoms with van der Waals surface area (Å²) in [6.07, 6.45) is 0.967. The molecule has 0 aliphatic carbocycles. The molecule has 33 heavy (non-hydrogen) atoms. The van der Waals surface area contributed by atoms with Gasteiger partial charge in [-0.05, 0) is 53.9 Å². The zero-order chi connectivity index (χ0) is 22.6. The first kappa shape index (κ1) is 21.9. The van der Waals surface area contributed by atoms with Gasteiger partial charge in [0.15, 0.2) is 5.76 Å². The van der Waals surface area contributed by atoms with Gasteiger partial charge in [0.2, 0.25) is 0 Å². The summed E-state index contributed by atoms with van der Waals surface area (Å²) in [5.74, 6) is 1.61. The molecule has 1 fully saturated rings. The standard InChI is InChI=1S/C28H25BrN2OS/c29-24-10-8-23(9-11-24)26-14-15-27(32-26)28(33)31-18-16-30(17-19-31)25-12-6-22(7-13-25)20-21-4-2-1-3-5-21/h1-15H,16-20H2. The molecule has 0 spiro atoms. The molecule has 4 aromatic rings. The summed E-state index contributed by atoms with van der Waals surface area (Å²) in [7, 11) is 0. The van der Waals surface area contributed by atoms with Gasteiger partial charge in [-0.2, -0.15) is 0 Å². The summed E-state index contributed by atoms with van der Waals surface area (Å²) in [5, 5.41) is 0. The van der Waals surface area contributed by atoms with Crippen LogP contribution in [0.5, 0.6) is 0 Å². The van der Waals surface area contributed by atoms with Crippen molar-refractivity contribution in [2.75, 3.05) is 31.1 Å². The molecule has 0 saturated carbocycles. The minimum Gasteiger partial charge on any atom is -0.454 e. The fourth-order valence-electron chi connectivity index (χ4n) is 4.20. The third-order valence-electron chi connectivity index (χ3n) is 6.06. The predicted octanol–water partition coefficient (Wildman–Crippen LogP) is 6.80. The highest BCUT2D eigenvalue weighted by Crippen LogP contribution is 2.26. The van der Waals surface area contributed by atoms with Gasteiger partial charge in [-0.15, -0.1) is 0 Å². The first-order valence-corrected chi connectivity index (χ1v) is 12.4. The lowest BCUT2D eigenvalue weighted by molar-refractivity contribution is 0.385. The van der Waals surface area contributed by atoms with Crippen LogP contribution in [0.3, 0.4) is 0 Å². The second-order valence-electron chi connectivity index (χ2n) is 8.28. The first-order valence-electron chi connectivity index (χ1n) is 11.2. The van der Waals surface area contributed by atoms with Crippen molar-refractivity contribution in [2.45, 2.75) is 6.42 Å². The van der Waals surface area contributed by atoms with Gasteiger partial charge in [-0.3, -0.25) is 0 Å². The Morgan fingerprint density at radius 3 is 2.12 bits per heavy atom. The number of benzene rings is 3. The molecule has 1 aromatic heterocycles. The van der Waals surface area contributed by atoms with E-state index in [1.807, 2.05) is 36.4 Å². The lowest BCUT2D eigenvalue weighted by Crippen LogP contribution is -2.48. The van der Waals surface area contributed by atoms with Crippen molar-refractivity contribution in [3.05, 3.63) is 112 Å². The highest BCUT2D eigenvalue weighted by Gasteiger charge is 2.22. The molecule has 1 aliphatic heterocycles. The maximum atomic E-state index is 6.09. The highest BCUT2D eigenvalue weighted by atomic mass is 79.9. The molecule has 0 bridgehead atoms. The molecule has 0 atom stereocenters. The zero-order valence-electron chi connectivity index (χ0n) is 18.3. The number of thiocarbonyl (C=S) groups is 1. The molecule has 0 amide bonds. The van der Waals surface area contributed by atoms with Gasteiger partial charge in [-0.1, -0.05) is 82.7 Å². The molecule has 2 heterocycles. The van der Waals surface area contributed by atoms with E-state index in [4.69, 9.17) is 16.6 Å². The lowest BCUT2D eigenvalue weighted by Gasteiger charge is -2.37. The van der Waals surface area contributed by atoms with Gasteiger partial charge >= 0.3 is 0 Å². The summed E-state index contributed by atoms with van der Waals surface area (Å²) >= 11 is 9.24. The largest absolute Gasteiger partial charge is 0.454 e. The SMILES string of the molecule is S=C(c1ccc(-c2ccc(Br)cc2)o1)N1CCN(c2ccc(Cc3ccccc3)cc2)CC1. The topological polar surface area (TPSA) is 19.6 Å². The number of furan rings is 1. The van der Waals surface area contributed by atoms with Crippen LogP contribution in [0.2, 0.25) is 0 Å². The van der Waals surface area contributed by atoms with Crippen LogP contribution >= 0.6 is 28.1 Å². The van der Waals surface area contributed by atoms with E-state index in [2.05, 4.69) is 80.3 Å². The van der Waals surface area contributed by atoms with Gasteiger partial charge in [-0.25, -0.2) is 0 Å². The van der Waals surface area contributed by atoms with E-state index >= 15 is 0 Å². The Kier molecular flexibility index (Phi) is 6.60. The Bertz CT molecular complexity index is 1210. The van der Waals surface area contributed by atoms with Crippen LogP contribution in [-0.4, -0.2) is 36.1 Å². The molecule has 0 N–H and O–H groups in total. The summed E-state index contributed by atoms with van der Waals surface area (Å²) in [6.45, 7) is 3.66. The number of piperazine rings is 1. The van der Waals surface area contributed by atoms with Crippen molar-refractivity contribution in [1.82, 2.24) is 4.90 Å². The summed E-state index contributed by atoms with van der Waals surface area (Å²) < 4.78 is 7.14. The minimum atomic E-state index is 0.765. The molecule has 1 saturated heterocycles. The number of anilines is 1. The van der Waals surface area contributed by atoms with E-state index in [1.165, 1.54) is 16.8 Å². The smallest absolute Gasteiger partial charge is 0.162 e. The average Bonchev–Trinajstić information content (AvgIpc) is 3.36. The quantitative estimate of drug-likeness (QED) is 0.271. The maximum Gasteiger partial charge on any atom is 0.162 e. The molecule has 1 aliphatic rings. The van der Waals surface area contributed by atoms with Crippen LogP contribution in [0.15, 0.2) is 99.9 Å². The van der Waals surface area contributed by atoms with Crippen molar-refractivity contribution in [3.8, 4) is 11.3 Å². The van der Waals surface area contributed by atoms with Gasteiger partial charge in [0.25, 0.3) is 0 Å². The highest BCUT2D eigenvalue weighted by molar-refractivity contribution is 9.10. The number of rotatable bonds is 5. The first-order chi connectivity index (χ1) is 16.2. The van der Waals surface area contributed by atoms with Crippen molar-refractivity contribution in [3.63, 3.8) is 0 Å². The van der Waals surface area contributed by atoms with Gasteiger partial charge in [0.1, 0.15) is 10.7 Å². The third-order valence-corrected chi connectivity index (χ3v) is 7.05. The summed E-state index contributed by atoms with van der Waals surface area (Å²) in [4.78, 5) is 5.47. The van der Waals surface area contributed by atoms with Crippen molar-refractivity contribution < 1.29 is 4.42 Å². The minimum absolute atomic E-state index is 0.765. The monoisotopic (exact) mass is 516 g/mol.